The molecule has 0 aliphatic carbocycles. The minimum Gasteiger partial charge on any atom is -0.275 e. The van der Waals surface area contributed by atoms with Gasteiger partial charge in [0.1, 0.15) is 5.69 Å². The average molecular weight is 412 g/mol. The predicted molar refractivity (Wildman–Crippen MR) is 93.6 cm³/mol. The number of nitrogens with zero attached hydrogens (tertiary/aromatic N) is 3. The Morgan fingerprint density at radius 3 is 2.60 bits per heavy atom. The largest absolute Gasteiger partial charge is 0.282 e. The SMILES string of the molecule is CON(C(=O)c1cn(C)nc1C(F)F)C(C)Cc1c(Cl)sc(C)c1Cl. The molecular weight excluding hydrogens is 395 g/mol. The highest BCUT2D eigenvalue weighted by atomic mass is 35.5. The van der Waals surface area contributed by atoms with Crippen molar-refractivity contribution in [2.45, 2.75) is 32.7 Å². The monoisotopic (exact) mass is 411 g/mol. The van der Waals surface area contributed by atoms with Crippen molar-refractivity contribution < 1.29 is 18.4 Å². The lowest BCUT2D eigenvalue weighted by atomic mass is 10.1. The third kappa shape index (κ3) is 4.13. The van der Waals surface area contributed by atoms with Crippen molar-refractivity contribution in [3.63, 3.8) is 0 Å². The van der Waals surface area contributed by atoms with E-state index in [0.29, 0.717) is 21.3 Å². The van der Waals surface area contributed by atoms with E-state index in [1.807, 2.05) is 6.92 Å². The number of hydrogen-bond donors (Lipinski definition) is 0. The number of halogens is 4. The summed E-state index contributed by atoms with van der Waals surface area (Å²) in [6.45, 7) is 3.57. The number of alkyl halides is 2. The second-order valence-corrected chi connectivity index (χ2v) is 7.70. The zero-order valence-electron chi connectivity index (χ0n) is 14.0. The van der Waals surface area contributed by atoms with Crippen LogP contribution < -0.4 is 0 Å². The number of aryl methyl sites for hydroxylation is 2. The van der Waals surface area contributed by atoms with Gasteiger partial charge in [0.25, 0.3) is 12.3 Å². The van der Waals surface area contributed by atoms with Crippen LogP contribution in [0.3, 0.4) is 0 Å². The lowest BCUT2D eigenvalue weighted by Crippen LogP contribution is -2.39. The first-order chi connectivity index (χ1) is 11.7. The summed E-state index contributed by atoms with van der Waals surface area (Å²) in [5.41, 5.74) is -0.0810. The number of thiophene rings is 1. The molecule has 1 atom stereocenters. The Hall–Kier alpha value is -1.22. The summed E-state index contributed by atoms with van der Waals surface area (Å²) in [6.07, 6.45) is -1.29. The first-order valence-electron chi connectivity index (χ1n) is 7.29. The quantitative estimate of drug-likeness (QED) is 0.648. The molecule has 1 unspecified atom stereocenters. The second-order valence-electron chi connectivity index (χ2n) is 5.49. The van der Waals surface area contributed by atoms with Gasteiger partial charge in [-0.2, -0.15) is 5.10 Å². The Balaban J connectivity index is 2.28. The number of hydroxylamine groups is 2. The number of amides is 1. The minimum atomic E-state index is -2.86. The second kappa shape index (κ2) is 7.99. The van der Waals surface area contributed by atoms with E-state index in [-0.39, 0.29) is 5.56 Å². The Morgan fingerprint density at radius 1 is 1.48 bits per heavy atom. The Kier molecular flexibility index (Phi) is 6.42. The maximum absolute atomic E-state index is 13.1. The third-order valence-corrected chi connectivity index (χ3v) is 5.66. The molecule has 1 amide bonds. The van der Waals surface area contributed by atoms with E-state index in [9.17, 15) is 13.6 Å². The molecule has 2 heterocycles. The van der Waals surface area contributed by atoms with Crippen LogP contribution >= 0.6 is 34.5 Å². The molecule has 5 nitrogen and oxygen atoms in total. The highest BCUT2D eigenvalue weighted by Crippen LogP contribution is 2.37. The molecule has 0 radical (unpaired) electrons. The standard InChI is InChI=1S/C15H17Cl2F2N3O2S/c1-7(5-9-11(16)8(2)25-13(9)17)22(24-4)15(23)10-6-21(3)20-12(10)14(18)19/h6-7,14H,5H2,1-4H3. The van der Waals surface area contributed by atoms with Gasteiger partial charge in [0.2, 0.25) is 0 Å². The number of hydrogen-bond acceptors (Lipinski definition) is 4. The van der Waals surface area contributed by atoms with Gasteiger partial charge in [-0.05, 0) is 20.3 Å². The van der Waals surface area contributed by atoms with Gasteiger partial charge in [-0.3, -0.25) is 14.3 Å². The fraction of sp³-hybridized carbons (Fsp3) is 0.467. The molecule has 0 saturated heterocycles. The Bertz CT molecular complexity index is 779. The molecule has 0 fully saturated rings. The lowest BCUT2D eigenvalue weighted by molar-refractivity contribution is -0.119. The molecule has 0 aliphatic rings. The third-order valence-electron chi connectivity index (χ3n) is 3.65. The first-order valence-corrected chi connectivity index (χ1v) is 8.87. The summed E-state index contributed by atoms with van der Waals surface area (Å²) in [6, 6.07) is -0.479. The minimum absolute atomic E-state index is 0.204. The van der Waals surface area contributed by atoms with E-state index in [1.54, 1.807) is 6.92 Å². The van der Waals surface area contributed by atoms with Crippen molar-refractivity contribution in [3.05, 3.63) is 37.3 Å². The smallest absolute Gasteiger partial charge is 0.275 e. The predicted octanol–water partition coefficient (Wildman–Crippen LogP) is 4.67. The van der Waals surface area contributed by atoms with Crippen molar-refractivity contribution in [1.29, 1.82) is 0 Å². The highest BCUT2D eigenvalue weighted by Gasteiger charge is 2.30. The molecule has 10 heteroatoms. The Labute approximate surface area is 158 Å². The van der Waals surface area contributed by atoms with Gasteiger partial charge in [-0.1, -0.05) is 23.2 Å². The van der Waals surface area contributed by atoms with Gasteiger partial charge in [-0.15, -0.1) is 11.3 Å². The molecule has 0 aliphatic heterocycles. The summed E-state index contributed by atoms with van der Waals surface area (Å²) in [4.78, 5) is 18.7. The van der Waals surface area contributed by atoms with Crippen LogP contribution in [0.4, 0.5) is 8.78 Å². The zero-order valence-corrected chi connectivity index (χ0v) is 16.3. The molecule has 0 bridgehead atoms. The topological polar surface area (TPSA) is 47.4 Å². The molecule has 138 valence electrons. The van der Waals surface area contributed by atoms with Gasteiger partial charge in [0, 0.05) is 23.7 Å². The van der Waals surface area contributed by atoms with E-state index < -0.39 is 24.1 Å². The van der Waals surface area contributed by atoms with Crippen molar-refractivity contribution in [3.8, 4) is 0 Å². The zero-order chi connectivity index (χ0) is 18.9. The molecule has 2 rings (SSSR count). The number of carbonyl (C=O) groups excluding carboxylic acids is 1. The van der Waals surface area contributed by atoms with E-state index in [1.165, 1.54) is 36.4 Å². The van der Waals surface area contributed by atoms with Crippen LogP contribution in [0.2, 0.25) is 9.36 Å². The van der Waals surface area contributed by atoms with Gasteiger partial charge >= 0.3 is 0 Å². The molecule has 0 aromatic carbocycles. The van der Waals surface area contributed by atoms with E-state index in [0.717, 1.165) is 9.94 Å². The molecule has 2 aromatic rings. The van der Waals surface area contributed by atoms with Crippen molar-refractivity contribution in [2.24, 2.45) is 7.05 Å². The summed E-state index contributed by atoms with van der Waals surface area (Å²) in [5, 5.41) is 5.22. The number of rotatable bonds is 6. The van der Waals surface area contributed by atoms with Gasteiger partial charge < -0.3 is 0 Å². The van der Waals surface area contributed by atoms with Crippen molar-refractivity contribution >= 4 is 40.4 Å². The van der Waals surface area contributed by atoms with E-state index in [2.05, 4.69) is 5.10 Å². The lowest BCUT2D eigenvalue weighted by Gasteiger charge is -2.26. The maximum Gasteiger partial charge on any atom is 0.282 e. The van der Waals surface area contributed by atoms with Gasteiger partial charge in [0.15, 0.2) is 0 Å². The van der Waals surface area contributed by atoms with E-state index >= 15 is 0 Å². The fourth-order valence-corrected chi connectivity index (χ4v) is 4.20. The molecule has 0 N–H and O–H groups in total. The molecule has 25 heavy (non-hydrogen) atoms. The van der Waals surface area contributed by atoms with Crippen LogP contribution in [0.5, 0.6) is 0 Å². The van der Waals surface area contributed by atoms with Gasteiger partial charge in [0.05, 0.1) is 28.1 Å². The molecule has 0 saturated carbocycles. The Morgan fingerprint density at radius 2 is 2.12 bits per heavy atom. The summed E-state index contributed by atoms with van der Waals surface area (Å²) >= 11 is 13.8. The normalized spacial score (nSPS) is 12.7. The molecule has 2 aromatic heterocycles. The van der Waals surface area contributed by atoms with E-state index in [4.69, 9.17) is 28.0 Å². The van der Waals surface area contributed by atoms with Crippen LogP contribution in [0, 0.1) is 6.92 Å². The number of carbonyl (C=O) groups is 1. The summed E-state index contributed by atoms with van der Waals surface area (Å²) < 4.78 is 27.9. The summed E-state index contributed by atoms with van der Waals surface area (Å²) in [7, 11) is 2.77. The first kappa shape index (κ1) is 20.1. The maximum atomic E-state index is 13.1. The molecule has 0 spiro atoms. The van der Waals surface area contributed by atoms with Crippen LogP contribution in [0.1, 0.15) is 39.8 Å². The van der Waals surface area contributed by atoms with Crippen LogP contribution in [0.15, 0.2) is 6.20 Å². The average Bonchev–Trinajstić information content (AvgIpc) is 3.03. The fourth-order valence-electron chi connectivity index (χ4n) is 2.50. The van der Waals surface area contributed by atoms with Crippen molar-refractivity contribution in [1.82, 2.24) is 14.8 Å². The van der Waals surface area contributed by atoms with Crippen LogP contribution in [0.25, 0.3) is 0 Å². The summed E-state index contributed by atoms with van der Waals surface area (Å²) in [5.74, 6) is -0.697. The highest BCUT2D eigenvalue weighted by molar-refractivity contribution is 7.17. The number of aromatic nitrogens is 2. The van der Waals surface area contributed by atoms with Crippen molar-refractivity contribution in [2.75, 3.05) is 7.11 Å². The molecular formula is C15H17Cl2F2N3O2S. The van der Waals surface area contributed by atoms with Gasteiger partial charge in [-0.25, -0.2) is 13.8 Å². The van der Waals surface area contributed by atoms with Crippen LogP contribution in [-0.2, 0) is 18.3 Å². The van der Waals surface area contributed by atoms with Crippen LogP contribution in [-0.4, -0.2) is 33.9 Å².